The number of hydrogen-bond donors (Lipinski definition) is 0. The van der Waals surface area contributed by atoms with E-state index >= 15 is 0 Å². The highest BCUT2D eigenvalue weighted by Gasteiger charge is 2.32. The van der Waals surface area contributed by atoms with Gasteiger partial charge in [-0.05, 0) is 337 Å². The largest absolute Gasteiger partial charge is 0.315 e. The summed E-state index contributed by atoms with van der Waals surface area (Å²) in [6.45, 7) is 10.7. The molecule has 6 heterocycles. The van der Waals surface area contributed by atoms with E-state index in [0.29, 0.717) is 46.8 Å². The van der Waals surface area contributed by atoms with Crippen molar-refractivity contribution in [2.75, 3.05) is 35.9 Å². The van der Waals surface area contributed by atoms with Gasteiger partial charge in [-0.1, -0.05) is 31.9 Å². The van der Waals surface area contributed by atoms with E-state index in [1.807, 2.05) is 39.8 Å². The molecule has 0 bridgehead atoms. The van der Waals surface area contributed by atoms with Gasteiger partial charge >= 0.3 is 0 Å². The average molecular weight is 2000 g/mol. The monoisotopic (exact) mass is 1980 g/mol. The van der Waals surface area contributed by atoms with Gasteiger partial charge in [0.05, 0.1) is 40.3 Å². The predicted octanol–water partition coefficient (Wildman–Crippen LogP) is 20.6. The summed E-state index contributed by atoms with van der Waals surface area (Å²) >= 11 is 35.8. The van der Waals surface area contributed by atoms with Gasteiger partial charge in [0.2, 0.25) is 38.5 Å². The normalized spacial score (nSPS) is 18.9. The van der Waals surface area contributed by atoms with Gasteiger partial charge in [0.25, 0.3) is 0 Å². The van der Waals surface area contributed by atoms with Gasteiger partial charge < -0.3 is 29.4 Å². The molecule has 6 aliphatic heterocycles. The minimum absolute atomic E-state index is 0.161. The zero-order valence-electron chi connectivity index (χ0n) is 50.3. The summed E-state index contributed by atoms with van der Waals surface area (Å²) in [6, 6.07) is 14.7. The van der Waals surface area contributed by atoms with Crippen molar-refractivity contribution >= 4 is 248 Å². The van der Waals surface area contributed by atoms with Crippen LogP contribution in [0.3, 0.4) is 0 Å². The number of carbonyl (C=O) groups excluding carboxylic acids is 6. The molecule has 93 heavy (non-hydrogen) atoms. The minimum atomic E-state index is -0.306. The zero-order valence-corrected chi connectivity index (χ0v) is 67.8. The van der Waals surface area contributed by atoms with Crippen LogP contribution in [0.1, 0.15) is 107 Å². The van der Waals surface area contributed by atoms with E-state index in [-0.39, 0.29) is 59.3 Å². The van der Waals surface area contributed by atoms with Gasteiger partial charge in [0.15, 0.2) is 23.3 Å². The second-order valence-electron chi connectivity index (χ2n) is 22.6. The number of fused-ring (bicyclic) bond motifs is 6. The van der Waals surface area contributed by atoms with Crippen molar-refractivity contribution in [2.45, 2.75) is 142 Å². The van der Waals surface area contributed by atoms with Gasteiger partial charge in [-0.15, -0.1) is 0 Å². The number of hydrogen-bond acceptors (Lipinski definition) is 6. The maximum Gasteiger partial charge on any atom is 0.214 e. The summed E-state index contributed by atoms with van der Waals surface area (Å²) in [5, 5.41) is 0. The number of benzene rings is 6. The molecule has 5 atom stereocenters. The van der Waals surface area contributed by atoms with Crippen LogP contribution in [0.15, 0.2) is 97.7 Å². The smallest absolute Gasteiger partial charge is 0.214 e. The van der Waals surface area contributed by atoms with Crippen LogP contribution >= 0.6 is 175 Å². The molecule has 6 aromatic rings. The first-order valence-corrected chi connectivity index (χ1v) is 37.8. The number of halogens is 16. The fourth-order valence-electron chi connectivity index (χ4n) is 11.6. The first-order valence-electron chi connectivity index (χ1n) is 29.1. The average Bonchev–Trinajstić information content (AvgIpc) is 0.860. The first kappa shape index (κ1) is 77.4. The lowest BCUT2D eigenvalue weighted by molar-refractivity contribution is -0.108. The van der Waals surface area contributed by atoms with Crippen LogP contribution in [0.25, 0.3) is 0 Å². The van der Waals surface area contributed by atoms with E-state index in [1.54, 1.807) is 59.7 Å². The highest BCUT2D eigenvalue weighted by atomic mass is 79.9. The molecule has 12 nitrogen and oxygen atoms in total. The van der Waals surface area contributed by atoms with Crippen molar-refractivity contribution < 1.29 is 50.7 Å². The Balaban J connectivity index is 0.000000158. The zero-order chi connectivity index (χ0) is 68.6. The van der Waals surface area contributed by atoms with E-state index in [0.717, 1.165) is 186 Å². The molecule has 0 saturated carbocycles. The third-order valence-corrected chi connectivity index (χ3v) is 24.6. The molecule has 0 aromatic heterocycles. The van der Waals surface area contributed by atoms with Crippen molar-refractivity contribution in [3.05, 3.63) is 160 Å². The molecule has 6 aromatic carbocycles. The number of anilines is 6. The summed E-state index contributed by atoms with van der Waals surface area (Å²) < 4.78 is 73.6. The molecule has 0 radical (unpaired) electrons. The Kier molecular flexibility index (Phi) is 28.9. The second-order valence-corrected chi connectivity index (χ2v) is 31.7. The van der Waals surface area contributed by atoms with E-state index in [4.69, 9.17) is 0 Å². The van der Waals surface area contributed by atoms with Crippen LogP contribution in [-0.2, 0) is 67.3 Å². The third kappa shape index (κ3) is 17.4. The summed E-state index contributed by atoms with van der Waals surface area (Å²) in [6.07, 6.45) is 15.2. The van der Waals surface area contributed by atoms with Gasteiger partial charge in [0.1, 0.15) is 5.82 Å². The highest BCUT2D eigenvalue weighted by Crippen LogP contribution is 2.45. The van der Waals surface area contributed by atoms with Gasteiger partial charge in [-0.2, -0.15) is 0 Å². The number of rotatable bonds is 6. The van der Waals surface area contributed by atoms with Crippen molar-refractivity contribution in [2.24, 2.45) is 0 Å². The molecule has 0 spiro atoms. The summed E-state index contributed by atoms with van der Waals surface area (Å²) in [5.74, 6) is -1.49. The summed E-state index contributed by atoms with van der Waals surface area (Å²) in [5.41, 5.74) is 10.6. The van der Waals surface area contributed by atoms with Crippen molar-refractivity contribution in [3.63, 3.8) is 0 Å². The summed E-state index contributed by atoms with van der Waals surface area (Å²) in [4.78, 5) is 76.0. The van der Waals surface area contributed by atoms with Crippen LogP contribution in [-0.4, -0.2) is 75.2 Å². The number of nitrogens with zero attached hydrogens (tertiary/aromatic N) is 6. The maximum absolute atomic E-state index is 13.6. The van der Waals surface area contributed by atoms with Crippen LogP contribution in [0.2, 0.25) is 0 Å². The Labute approximate surface area is 629 Å². The standard InChI is InChI=1S/3C11H10Br2FNO.C11H11Br2NO.C11H11BrFNO.C10H8Br2FNO/c3*1-6-2-3-7-9(15(6)5-16)4-8(12)11(14)10(7)13;1-7-2-3-9-10(13)4-8(12)5-11(9)14(7)6-15;1-7-2-3-8-10(14(7)6-15)5-4-9(13)11(8)12;11-7-4-8-6(9(12)10(7)13)2-1-3-14(8)5-15/h3*4-6H,2-3H2,1H3;2*4-7H,2-3H2,1H3;4-5H,1-3H2. The minimum Gasteiger partial charge on any atom is -0.315 e. The molecular weight excluding hydrogens is 1930 g/mol. The SMILES string of the molecule is CC1CCc2c(Br)cc(Br)cc2N1C=O.CC1CCc2c(cc(Br)c(F)c2Br)N1C=O.CC1CCc2c(cc(Br)c(F)c2Br)N1C=O.CC1CCc2c(cc(Br)c(F)c2Br)N1C=O.CC1CCc2c(ccc(F)c2Br)N1C=O.O=CN1CCCc2c1cc(Br)c(F)c2Br. The van der Waals surface area contributed by atoms with Crippen LogP contribution in [0.5, 0.6) is 0 Å². The van der Waals surface area contributed by atoms with Crippen molar-refractivity contribution in [1.82, 2.24) is 0 Å². The van der Waals surface area contributed by atoms with Crippen molar-refractivity contribution in [1.29, 1.82) is 0 Å². The molecule has 0 fully saturated rings. The fourth-order valence-corrected chi connectivity index (χ4v) is 18.7. The predicted molar refractivity (Wildman–Crippen MR) is 397 cm³/mol. The maximum atomic E-state index is 13.6. The molecule has 28 heteroatoms. The highest BCUT2D eigenvalue weighted by molar-refractivity contribution is 9.12. The van der Waals surface area contributed by atoms with Crippen LogP contribution < -0.4 is 29.4 Å². The Morgan fingerprint density at radius 1 is 0.333 bits per heavy atom. The number of carbonyl (C=O) groups is 6. The molecule has 498 valence electrons. The van der Waals surface area contributed by atoms with Crippen molar-refractivity contribution in [3.8, 4) is 0 Å². The second kappa shape index (κ2) is 34.7. The van der Waals surface area contributed by atoms with Gasteiger partial charge in [-0.3, -0.25) is 28.8 Å². The quantitative estimate of drug-likeness (QED) is 0.0930. The lowest BCUT2D eigenvalue weighted by atomic mass is 9.97. The van der Waals surface area contributed by atoms with E-state index in [2.05, 4.69) is 182 Å². The topological polar surface area (TPSA) is 122 Å². The molecule has 0 saturated heterocycles. The first-order chi connectivity index (χ1) is 44.1. The lowest BCUT2D eigenvalue weighted by Crippen LogP contribution is -2.36. The molecule has 0 N–H and O–H groups in total. The van der Waals surface area contributed by atoms with E-state index in [9.17, 15) is 50.7 Å². The molecule has 12 rings (SSSR count). The van der Waals surface area contributed by atoms with Gasteiger partial charge in [-0.25, -0.2) is 22.0 Å². The molecule has 0 aliphatic carbocycles. The van der Waals surface area contributed by atoms with E-state index in [1.165, 1.54) is 11.6 Å². The Hall–Kier alpha value is -2.93. The Morgan fingerprint density at radius 3 is 0.957 bits per heavy atom. The number of amides is 6. The fraction of sp³-hybridized carbons (Fsp3) is 0.354. The Morgan fingerprint density at radius 2 is 0.624 bits per heavy atom. The van der Waals surface area contributed by atoms with E-state index < -0.39 is 0 Å². The third-order valence-electron chi connectivity index (χ3n) is 16.9. The van der Waals surface area contributed by atoms with Gasteiger partial charge in [0, 0.05) is 79.8 Å². The molecule has 5 unspecified atom stereocenters. The van der Waals surface area contributed by atoms with Crippen LogP contribution in [0, 0.1) is 29.1 Å². The Bertz CT molecular complexity index is 3640. The molecule has 6 amide bonds. The summed E-state index contributed by atoms with van der Waals surface area (Å²) in [7, 11) is 0. The van der Waals surface area contributed by atoms with Crippen LogP contribution in [0.4, 0.5) is 56.1 Å². The molecule has 6 aliphatic rings. The molecular formula is C65H60Br11F5N6O6. The lowest BCUT2D eigenvalue weighted by Gasteiger charge is -2.33.